The molecule has 6 heteroatoms. The normalized spacial score (nSPS) is 16.5. The number of benzene rings is 2. The van der Waals surface area contributed by atoms with Crippen LogP contribution in [0.25, 0.3) is 11.0 Å². The van der Waals surface area contributed by atoms with Crippen molar-refractivity contribution < 1.29 is 9.53 Å². The molecule has 6 nitrogen and oxygen atoms in total. The molecule has 0 aliphatic carbocycles. The quantitative estimate of drug-likeness (QED) is 0.610. The topological polar surface area (TPSA) is 67.4 Å². The van der Waals surface area contributed by atoms with E-state index in [-0.39, 0.29) is 11.8 Å². The van der Waals surface area contributed by atoms with E-state index in [4.69, 9.17) is 9.72 Å². The third-order valence-corrected chi connectivity index (χ3v) is 5.74. The molecule has 1 aliphatic rings. The van der Waals surface area contributed by atoms with Gasteiger partial charge in [-0.15, -0.1) is 0 Å². The predicted octanol–water partition coefficient (Wildman–Crippen LogP) is 5.01. The van der Waals surface area contributed by atoms with Crippen molar-refractivity contribution >= 4 is 28.4 Å². The standard InChI is InChI=1S/C25H30N4O2/c1-4-31-25-23(27-21-9-5-6-10-22(21)28-25)29-15-7-8-19(16-29)24(30)26-20-13-11-18(12-14-20)17(2)3/h5-6,9-14,17,19H,4,7-8,15-16H2,1-3H3,(H,26,30)/t19-/m1/s1. The highest BCUT2D eigenvalue weighted by Crippen LogP contribution is 2.31. The van der Waals surface area contributed by atoms with Crippen LogP contribution >= 0.6 is 0 Å². The lowest BCUT2D eigenvalue weighted by Gasteiger charge is -2.33. The second-order valence-corrected chi connectivity index (χ2v) is 8.33. The molecule has 0 spiro atoms. The molecule has 2 heterocycles. The van der Waals surface area contributed by atoms with E-state index in [0.29, 0.717) is 24.9 Å². The van der Waals surface area contributed by atoms with Crippen LogP contribution in [-0.4, -0.2) is 35.6 Å². The SMILES string of the molecule is CCOc1nc2ccccc2nc1N1CCC[C@@H](C(=O)Nc2ccc(C(C)C)cc2)C1. The van der Waals surface area contributed by atoms with E-state index in [1.54, 1.807) is 0 Å². The number of fused-ring (bicyclic) bond motifs is 1. The summed E-state index contributed by atoms with van der Waals surface area (Å²) in [6, 6.07) is 15.9. The molecule has 0 bridgehead atoms. The van der Waals surface area contributed by atoms with Crippen LogP contribution in [0.4, 0.5) is 11.5 Å². The van der Waals surface area contributed by atoms with Crippen LogP contribution in [0.3, 0.4) is 0 Å². The average Bonchev–Trinajstić information content (AvgIpc) is 2.79. The fourth-order valence-corrected chi connectivity index (χ4v) is 3.99. The smallest absolute Gasteiger partial charge is 0.258 e. The van der Waals surface area contributed by atoms with Gasteiger partial charge in [0.2, 0.25) is 5.91 Å². The van der Waals surface area contributed by atoms with E-state index in [2.05, 4.69) is 41.2 Å². The number of nitrogens with zero attached hydrogens (tertiary/aromatic N) is 3. The summed E-state index contributed by atoms with van der Waals surface area (Å²) in [6.07, 6.45) is 1.78. The highest BCUT2D eigenvalue weighted by molar-refractivity contribution is 5.93. The predicted molar refractivity (Wildman–Crippen MR) is 125 cm³/mol. The monoisotopic (exact) mass is 418 g/mol. The van der Waals surface area contributed by atoms with Gasteiger partial charge < -0.3 is 15.0 Å². The molecule has 1 amide bonds. The Labute approximate surface area is 183 Å². The number of aromatic nitrogens is 2. The number of carbonyl (C=O) groups excluding carboxylic acids is 1. The summed E-state index contributed by atoms with van der Waals surface area (Å²) in [6.45, 7) is 8.22. The van der Waals surface area contributed by atoms with Gasteiger partial charge in [0.05, 0.1) is 23.6 Å². The maximum atomic E-state index is 13.0. The number of rotatable bonds is 6. The molecule has 0 saturated carbocycles. The molecule has 1 atom stereocenters. The van der Waals surface area contributed by atoms with E-state index < -0.39 is 0 Å². The fraction of sp³-hybridized carbons (Fsp3) is 0.400. The fourth-order valence-electron chi connectivity index (χ4n) is 3.99. The van der Waals surface area contributed by atoms with Crippen molar-refractivity contribution in [2.24, 2.45) is 5.92 Å². The van der Waals surface area contributed by atoms with E-state index in [1.807, 2.05) is 43.3 Å². The first-order chi connectivity index (χ1) is 15.0. The van der Waals surface area contributed by atoms with E-state index in [0.717, 1.165) is 41.9 Å². The Bertz CT molecular complexity index is 1050. The molecule has 31 heavy (non-hydrogen) atoms. The Morgan fingerprint density at radius 1 is 1.13 bits per heavy atom. The highest BCUT2D eigenvalue weighted by Gasteiger charge is 2.29. The third kappa shape index (κ3) is 4.79. The maximum Gasteiger partial charge on any atom is 0.258 e. The van der Waals surface area contributed by atoms with Gasteiger partial charge >= 0.3 is 0 Å². The molecule has 2 aromatic carbocycles. The van der Waals surface area contributed by atoms with E-state index >= 15 is 0 Å². The summed E-state index contributed by atoms with van der Waals surface area (Å²) in [4.78, 5) is 24.6. The molecule has 1 fully saturated rings. The van der Waals surface area contributed by atoms with Crippen LogP contribution in [0.2, 0.25) is 0 Å². The summed E-state index contributed by atoms with van der Waals surface area (Å²) in [7, 11) is 0. The molecule has 0 radical (unpaired) electrons. The lowest BCUT2D eigenvalue weighted by Crippen LogP contribution is -2.41. The Morgan fingerprint density at radius 3 is 2.52 bits per heavy atom. The van der Waals surface area contributed by atoms with Gasteiger partial charge in [-0.25, -0.2) is 9.97 Å². The number of carbonyl (C=O) groups is 1. The van der Waals surface area contributed by atoms with Crippen LogP contribution in [0.5, 0.6) is 5.88 Å². The largest absolute Gasteiger partial charge is 0.475 e. The first kappa shape index (κ1) is 21.1. The zero-order valence-electron chi connectivity index (χ0n) is 18.5. The summed E-state index contributed by atoms with van der Waals surface area (Å²) >= 11 is 0. The van der Waals surface area contributed by atoms with Crippen molar-refractivity contribution in [2.45, 2.75) is 39.5 Å². The molecule has 162 valence electrons. The highest BCUT2D eigenvalue weighted by atomic mass is 16.5. The maximum absolute atomic E-state index is 13.0. The average molecular weight is 419 g/mol. The van der Waals surface area contributed by atoms with Crippen LogP contribution < -0.4 is 15.0 Å². The summed E-state index contributed by atoms with van der Waals surface area (Å²) in [5.41, 5.74) is 3.75. The number of para-hydroxylation sites is 2. The molecule has 3 aromatic rings. The number of amides is 1. The molecule has 4 rings (SSSR count). The first-order valence-electron chi connectivity index (χ1n) is 11.1. The third-order valence-electron chi connectivity index (χ3n) is 5.74. The number of piperidine rings is 1. The number of hydrogen-bond donors (Lipinski definition) is 1. The summed E-state index contributed by atoms with van der Waals surface area (Å²) < 4.78 is 5.80. The lowest BCUT2D eigenvalue weighted by atomic mass is 9.97. The van der Waals surface area contributed by atoms with Crippen molar-refractivity contribution in [1.82, 2.24) is 9.97 Å². The Morgan fingerprint density at radius 2 is 1.84 bits per heavy atom. The van der Waals surface area contributed by atoms with Crippen molar-refractivity contribution in [1.29, 1.82) is 0 Å². The van der Waals surface area contributed by atoms with Crippen LogP contribution in [0.1, 0.15) is 45.1 Å². The number of ether oxygens (including phenoxy) is 1. The lowest BCUT2D eigenvalue weighted by molar-refractivity contribution is -0.120. The Hall–Kier alpha value is -3.15. The Balaban J connectivity index is 1.51. The molecule has 1 N–H and O–H groups in total. The van der Waals surface area contributed by atoms with E-state index in [9.17, 15) is 4.79 Å². The zero-order chi connectivity index (χ0) is 21.8. The molecular formula is C25H30N4O2. The molecule has 0 unspecified atom stereocenters. The number of nitrogens with one attached hydrogen (secondary N) is 1. The van der Waals surface area contributed by atoms with Gasteiger partial charge in [-0.3, -0.25) is 4.79 Å². The van der Waals surface area contributed by atoms with Gasteiger partial charge in [0, 0.05) is 18.8 Å². The summed E-state index contributed by atoms with van der Waals surface area (Å²) in [5, 5.41) is 3.09. The van der Waals surface area contributed by atoms with Gasteiger partial charge in [0.1, 0.15) is 0 Å². The minimum absolute atomic E-state index is 0.0497. The molecule has 1 aliphatic heterocycles. The second kappa shape index (κ2) is 9.33. The van der Waals surface area contributed by atoms with Crippen molar-refractivity contribution in [2.75, 3.05) is 29.9 Å². The number of hydrogen-bond acceptors (Lipinski definition) is 5. The van der Waals surface area contributed by atoms with E-state index in [1.165, 1.54) is 5.56 Å². The van der Waals surface area contributed by atoms with Gasteiger partial charge in [-0.05, 0) is 55.5 Å². The second-order valence-electron chi connectivity index (χ2n) is 8.33. The van der Waals surface area contributed by atoms with Gasteiger partial charge in [-0.2, -0.15) is 0 Å². The van der Waals surface area contributed by atoms with Crippen molar-refractivity contribution in [3.8, 4) is 5.88 Å². The van der Waals surface area contributed by atoms with Gasteiger partial charge in [0.25, 0.3) is 5.88 Å². The Kier molecular flexibility index (Phi) is 6.35. The first-order valence-corrected chi connectivity index (χ1v) is 11.1. The van der Waals surface area contributed by atoms with Gasteiger partial charge in [0.15, 0.2) is 5.82 Å². The summed E-state index contributed by atoms with van der Waals surface area (Å²) in [5.74, 6) is 1.67. The van der Waals surface area contributed by atoms with Crippen molar-refractivity contribution in [3.05, 3.63) is 54.1 Å². The molecule has 1 aromatic heterocycles. The zero-order valence-corrected chi connectivity index (χ0v) is 18.5. The van der Waals surface area contributed by atoms with Crippen molar-refractivity contribution in [3.63, 3.8) is 0 Å². The minimum atomic E-state index is -0.110. The molecular weight excluding hydrogens is 388 g/mol. The van der Waals surface area contributed by atoms with Gasteiger partial charge in [-0.1, -0.05) is 38.1 Å². The minimum Gasteiger partial charge on any atom is -0.475 e. The van der Waals surface area contributed by atoms with Crippen LogP contribution in [-0.2, 0) is 4.79 Å². The van der Waals surface area contributed by atoms with Crippen LogP contribution in [0, 0.1) is 5.92 Å². The number of anilines is 2. The molecule has 1 saturated heterocycles. The van der Waals surface area contributed by atoms with Crippen LogP contribution in [0.15, 0.2) is 48.5 Å².